The van der Waals surface area contributed by atoms with Crippen LogP contribution in [-0.4, -0.2) is 22.1 Å². The van der Waals surface area contributed by atoms with Gasteiger partial charge in [-0.3, -0.25) is 4.79 Å². The van der Waals surface area contributed by atoms with Gasteiger partial charge in [-0.2, -0.15) is 0 Å². The summed E-state index contributed by atoms with van der Waals surface area (Å²) < 4.78 is 21.5. The second-order valence-corrected chi connectivity index (χ2v) is 5.82. The Bertz CT molecular complexity index is 878. The van der Waals surface area contributed by atoms with Crippen LogP contribution in [0.4, 0.5) is 10.1 Å². The van der Waals surface area contributed by atoms with E-state index in [0.717, 1.165) is 5.75 Å². The molecular formula is C20H20FN3O2. The third kappa shape index (κ3) is 4.47. The number of nitrogens with zero attached hydrogens (tertiary/aromatic N) is 2. The zero-order chi connectivity index (χ0) is 18.4. The van der Waals surface area contributed by atoms with Crippen molar-refractivity contribution >= 4 is 11.6 Å². The van der Waals surface area contributed by atoms with Gasteiger partial charge in [0.25, 0.3) is 0 Å². The molecule has 6 heteroatoms. The first-order valence-corrected chi connectivity index (χ1v) is 8.41. The van der Waals surface area contributed by atoms with Gasteiger partial charge in [-0.05, 0) is 43.7 Å². The standard InChI is InChI=1S/C20H20FN3O2/c1-15-22-11-12-24(15)19-10-9-16(14-18(19)21)23-20(25)8-5-13-26-17-6-3-2-4-7-17/h2-4,6-7,9-12,14H,5,8,13H2,1H3,(H,23,25). The van der Waals surface area contributed by atoms with E-state index in [4.69, 9.17) is 4.74 Å². The topological polar surface area (TPSA) is 56.2 Å². The first kappa shape index (κ1) is 17.7. The third-order valence-electron chi connectivity index (χ3n) is 3.88. The van der Waals surface area contributed by atoms with E-state index in [-0.39, 0.29) is 5.91 Å². The SMILES string of the molecule is Cc1nccn1-c1ccc(NC(=O)CCCOc2ccccc2)cc1F. The number of hydrogen-bond donors (Lipinski definition) is 1. The fourth-order valence-electron chi connectivity index (χ4n) is 2.58. The lowest BCUT2D eigenvalue weighted by molar-refractivity contribution is -0.116. The van der Waals surface area contributed by atoms with Crippen molar-refractivity contribution in [1.82, 2.24) is 9.55 Å². The number of nitrogens with one attached hydrogen (secondary N) is 1. The Balaban J connectivity index is 1.50. The summed E-state index contributed by atoms with van der Waals surface area (Å²) in [6.45, 7) is 2.25. The minimum atomic E-state index is -0.420. The Morgan fingerprint density at radius 3 is 2.73 bits per heavy atom. The number of carbonyl (C=O) groups is 1. The second kappa shape index (κ2) is 8.29. The van der Waals surface area contributed by atoms with Gasteiger partial charge < -0.3 is 14.6 Å². The summed E-state index contributed by atoms with van der Waals surface area (Å²) in [6, 6.07) is 14.1. The molecule has 0 aliphatic heterocycles. The van der Waals surface area contributed by atoms with Crippen LogP contribution in [0.5, 0.6) is 5.75 Å². The predicted molar refractivity (Wildman–Crippen MR) is 98.1 cm³/mol. The molecular weight excluding hydrogens is 333 g/mol. The van der Waals surface area contributed by atoms with Gasteiger partial charge in [-0.1, -0.05) is 18.2 Å². The quantitative estimate of drug-likeness (QED) is 0.650. The Morgan fingerprint density at radius 2 is 2.04 bits per heavy atom. The average Bonchev–Trinajstić information content (AvgIpc) is 3.06. The number of aryl methyl sites for hydroxylation is 1. The van der Waals surface area contributed by atoms with Gasteiger partial charge >= 0.3 is 0 Å². The molecule has 0 radical (unpaired) electrons. The molecule has 3 rings (SSSR count). The molecule has 1 aromatic heterocycles. The van der Waals surface area contributed by atoms with Gasteiger partial charge in [-0.15, -0.1) is 0 Å². The average molecular weight is 353 g/mol. The molecule has 0 saturated carbocycles. The van der Waals surface area contributed by atoms with Crippen molar-refractivity contribution in [3.8, 4) is 11.4 Å². The highest BCUT2D eigenvalue weighted by Crippen LogP contribution is 2.19. The van der Waals surface area contributed by atoms with E-state index in [1.807, 2.05) is 30.3 Å². The highest BCUT2D eigenvalue weighted by atomic mass is 19.1. The second-order valence-electron chi connectivity index (χ2n) is 5.82. The number of amides is 1. The van der Waals surface area contributed by atoms with Crippen LogP contribution in [0.15, 0.2) is 60.9 Å². The molecule has 26 heavy (non-hydrogen) atoms. The van der Waals surface area contributed by atoms with Gasteiger partial charge in [0.2, 0.25) is 5.91 Å². The van der Waals surface area contributed by atoms with Crippen LogP contribution in [0.25, 0.3) is 5.69 Å². The molecule has 0 aliphatic carbocycles. The number of halogens is 1. The van der Waals surface area contributed by atoms with Crippen LogP contribution in [0.1, 0.15) is 18.7 Å². The van der Waals surface area contributed by atoms with Crippen molar-refractivity contribution in [3.05, 3.63) is 72.6 Å². The van der Waals surface area contributed by atoms with Crippen LogP contribution in [0, 0.1) is 12.7 Å². The number of benzene rings is 2. The van der Waals surface area contributed by atoms with E-state index in [9.17, 15) is 9.18 Å². The molecule has 3 aromatic rings. The molecule has 1 amide bonds. The van der Waals surface area contributed by atoms with Gasteiger partial charge in [0.1, 0.15) is 17.4 Å². The van der Waals surface area contributed by atoms with Crippen LogP contribution in [0.2, 0.25) is 0 Å². The molecule has 0 atom stereocenters. The van der Waals surface area contributed by atoms with Crippen LogP contribution in [-0.2, 0) is 4.79 Å². The summed E-state index contributed by atoms with van der Waals surface area (Å²) in [5, 5.41) is 2.71. The summed E-state index contributed by atoms with van der Waals surface area (Å²) in [4.78, 5) is 16.1. The smallest absolute Gasteiger partial charge is 0.224 e. The molecule has 5 nitrogen and oxygen atoms in total. The molecule has 0 unspecified atom stereocenters. The Hall–Kier alpha value is -3.15. The molecule has 1 heterocycles. The Morgan fingerprint density at radius 1 is 1.23 bits per heavy atom. The monoisotopic (exact) mass is 353 g/mol. The molecule has 0 spiro atoms. The van der Waals surface area contributed by atoms with Crippen molar-refractivity contribution < 1.29 is 13.9 Å². The number of imidazole rings is 1. The summed E-state index contributed by atoms with van der Waals surface area (Å²) in [6.07, 6.45) is 4.19. The minimum Gasteiger partial charge on any atom is -0.494 e. The van der Waals surface area contributed by atoms with Crippen molar-refractivity contribution in [2.75, 3.05) is 11.9 Å². The highest BCUT2D eigenvalue weighted by molar-refractivity contribution is 5.90. The molecule has 134 valence electrons. The first-order chi connectivity index (χ1) is 12.6. The molecule has 2 aromatic carbocycles. The van der Waals surface area contributed by atoms with E-state index in [1.165, 1.54) is 6.07 Å². The zero-order valence-corrected chi connectivity index (χ0v) is 14.5. The summed E-state index contributed by atoms with van der Waals surface area (Å²) in [7, 11) is 0. The van der Waals surface area contributed by atoms with Gasteiger partial charge in [0.05, 0.1) is 12.3 Å². The van der Waals surface area contributed by atoms with E-state index < -0.39 is 5.82 Å². The number of hydrogen-bond acceptors (Lipinski definition) is 3. The molecule has 0 saturated heterocycles. The molecule has 0 fully saturated rings. The maximum absolute atomic E-state index is 14.3. The largest absolute Gasteiger partial charge is 0.494 e. The number of rotatable bonds is 7. The van der Waals surface area contributed by atoms with Crippen LogP contribution >= 0.6 is 0 Å². The van der Waals surface area contributed by atoms with Crippen LogP contribution in [0.3, 0.4) is 0 Å². The van der Waals surface area contributed by atoms with E-state index in [1.54, 1.807) is 36.0 Å². The maximum atomic E-state index is 14.3. The first-order valence-electron chi connectivity index (χ1n) is 8.41. The highest BCUT2D eigenvalue weighted by Gasteiger charge is 2.09. The predicted octanol–water partition coefficient (Wildman–Crippen LogP) is 4.12. The fourth-order valence-corrected chi connectivity index (χ4v) is 2.58. The Kier molecular flexibility index (Phi) is 5.63. The normalized spacial score (nSPS) is 10.5. The fraction of sp³-hybridized carbons (Fsp3) is 0.200. The lowest BCUT2D eigenvalue weighted by atomic mass is 10.2. The number of para-hydroxylation sites is 1. The lowest BCUT2D eigenvalue weighted by Gasteiger charge is -2.10. The minimum absolute atomic E-state index is 0.173. The third-order valence-corrected chi connectivity index (χ3v) is 3.88. The van der Waals surface area contributed by atoms with Gasteiger partial charge in [0.15, 0.2) is 0 Å². The summed E-state index contributed by atoms with van der Waals surface area (Å²) in [5.41, 5.74) is 0.826. The van der Waals surface area contributed by atoms with Crippen molar-refractivity contribution in [3.63, 3.8) is 0 Å². The molecule has 0 aliphatic rings. The number of aromatic nitrogens is 2. The van der Waals surface area contributed by atoms with E-state index >= 15 is 0 Å². The Labute approximate surface area is 151 Å². The number of carbonyl (C=O) groups excluding carboxylic acids is 1. The number of ether oxygens (including phenoxy) is 1. The summed E-state index contributed by atoms with van der Waals surface area (Å²) >= 11 is 0. The van der Waals surface area contributed by atoms with E-state index in [0.29, 0.717) is 36.6 Å². The molecule has 0 bridgehead atoms. The van der Waals surface area contributed by atoms with Gasteiger partial charge in [-0.25, -0.2) is 9.37 Å². The van der Waals surface area contributed by atoms with E-state index in [2.05, 4.69) is 10.3 Å². The zero-order valence-electron chi connectivity index (χ0n) is 14.5. The van der Waals surface area contributed by atoms with Crippen LogP contribution < -0.4 is 10.1 Å². The molecule has 1 N–H and O–H groups in total. The van der Waals surface area contributed by atoms with Crippen molar-refractivity contribution in [2.24, 2.45) is 0 Å². The maximum Gasteiger partial charge on any atom is 0.224 e. The summed E-state index contributed by atoms with van der Waals surface area (Å²) in [5.74, 6) is 0.878. The van der Waals surface area contributed by atoms with Crippen molar-refractivity contribution in [2.45, 2.75) is 19.8 Å². The number of anilines is 1. The van der Waals surface area contributed by atoms with Crippen molar-refractivity contribution in [1.29, 1.82) is 0 Å². The lowest BCUT2D eigenvalue weighted by Crippen LogP contribution is -2.13. The van der Waals surface area contributed by atoms with Gasteiger partial charge in [0, 0.05) is 24.5 Å².